The van der Waals surface area contributed by atoms with Gasteiger partial charge in [0.15, 0.2) is 0 Å². The first-order valence-corrected chi connectivity index (χ1v) is 10.0. The summed E-state index contributed by atoms with van der Waals surface area (Å²) < 4.78 is 17.2. The van der Waals surface area contributed by atoms with Crippen molar-refractivity contribution in [3.8, 4) is 28.5 Å². The number of nitrogens with zero attached hydrogens (tertiary/aromatic N) is 1. The monoisotopic (exact) mass is 417 g/mol. The van der Waals surface area contributed by atoms with Crippen LogP contribution in [-0.2, 0) is 17.6 Å². The second-order valence-electron chi connectivity index (χ2n) is 7.35. The normalized spacial score (nSPS) is 10.9. The van der Waals surface area contributed by atoms with Gasteiger partial charge in [-0.2, -0.15) is 0 Å². The Bertz CT molecular complexity index is 1170. The van der Waals surface area contributed by atoms with E-state index in [0.29, 0.717) is 30.2 Å². The number of ether oxygens (including phenoxy) is 1. The highest BCUT2D eigenvalue weighted by Gasteiger charge is 2.13. The predicted octanol–water partition coefficient (Wildman–Crippen LogP) is 5.47. The standard InChI is InChI=1S/C25H23NO5/c1-16-5-6-18(15-24(27)28)14-23(16)30-13-11-21-17(2)31-25(26-21)20-9-7-19(8-10-20)22-4-3-12-29-22/h3-10,12,14H,11,13,15H2,1-2H3,(H,27,28). The fourth-order valence-electron chi connectivity index (χ4n) is 3.35. The molecule has 6 heteroatoms. The van der Waals surface area contributed by atoms with Crippen LogP contribution in [0.3, 0.4) is 0 Å². The van der Waals surface area contributed by atoms with Gasteiger partial charge in [-0.25, -0.2) is 4.98 Å². The molecule has 0 unspecified atom stereocenters. The van der Waals surface area contributed by atoms with Gasteiger partial charge in [0.1, 0.15) is 17.3 Å². The molecule has 0 saturated carbocycles. The van der Waals surface area contributed by atoms with Gasteiger partial charge in [0, 0.05) is 17.5 Å². The molecule has 2 aromatic carbocycles. The molecule has 0 aliphatic heterocycles. The van der Waals surface area contributed by atoms with Crippen LogP contribution in [-0.4, -0.2) is 22.7 Å². The summed E-state index contributed by atoms with van der Waals surface area (Å²) in [5, 5.41) is 8.98. The van der Waals surface area contributed by atoms with Crippen LogP contribution in [0.5, 0.6) is 5.75 Å². The number of aromatic nitrogens is 1. The third-order valence-corrected chi connectivity index (χ3v) is 5.03. The van der Waals surface area contributed by atoms with Gasteiger partial charge < -0.3 is 18.7 Å². The van der Waals surface area contributed by atoms with Gasteiger partial charge >= 0.3 is 5.97 Å². The molecule has 158 valence electrons. The summed E-state index contributed by atoms with van der Waals surface area (Å²) in [5.41, 5.74) is 4.40. The molecule has 2 aromatic heterocycles. The molecule has 4 rings (SSSR count). The molecule has 1 N–H and O–H groups in total. The molecular weight excluding hydrogens is 394 g/mol. The van der Waals surface area contributed by atoms with E-state index in [2.05, 4.69) is 4.98 Å². The van der Waals surface area contributed by atoms with Gasteiger partial charge in [-0.1, -0.05) is 24.3 Å². The summed E-state index contributed by atoms with van der Waals surface area (Å²) in [6.07, 6.45) is 2.21. The van der Waals surface area contributed by atoms with Gasteiger partial charge in [0.05, 0.1) is 25.0 Å². The number of rotatable bonds is 8. The quantitative estimate of drug-likeness (QED) is 0.409. The lowest BCUT2D eigenvalue weighted by Gasteiger charge is -2.10. The summed E-state index contributed by atoms with van der Waals surface area (Å²) in [5.74, 6) is 1.96. The number of carboxylic acid groups (broad SMARTS) is 1. The summed E-state index contributed by atoms with van der Waals surface area (Å²) in [6, 6.07) is 17.1. The lowest BCUT2D eigenvalue weighted by molar-refractivity contribution is -0.136. The molecule has 0 spiro atoms. The van der Waals surface area contributed by atoms with Gasteiger partial charge in [-0.15, -0.1) is 0 Å². The number of aliphatic carboxylic acids is 1. The molecule has 4 aromatic rings. The number of hydrogen-bond donors (Lipinski definition) is 1. The Balaban J connectivity index is 1.41. The average Bonchev–Trinajstić information content (AvgIpc) is 3.41. The summed E-state index contributed by atoms with van der Waals surface area (Å²) in [7, 11) is 0. The first-order chi connectivity index (χ1) is 15.0. The van der Waals surface area contributed by atoms with Crippen molar-refractivity contribution in [1.82, 2.24) is 4.98 Å². The van der Waals surface area contributed by atoms with Crippen LogP contribution in [0, 0.1) is 13.8 Å². The van der Waals surface area contributed by atoms with Crippen molar-refractivity contribution in [1.29, 1.82) is 0 Å². The van der Waals surface area contributed by atoms with Crippen LogP contribution in [0.25, 0.3) is 22.8 Å². The minimum atomic E-state index is -0.863. The van der Waals surface area contributed by atoms with Crippen LogP contribution >= 0.6 is 0 Å². The highest BCUT2D eigenvalue weighted by molar-refractivity contribution is 5.70. The lowest BCUT2D eigenvalue weighted by Crippen LogP contribution is -2.05. The number of carbonyl (C=O) groups is 1. The van der Waals surface area contributed by atoms with Crippen LogP contribution in [0.2, 0.25) is 0 Å². The number of furan rings is 1. The van der Waals surface area contributed by atoms with Crippen LogP contribution in [0.4, 0.5) is 0 Å². The molecule has 31 heavy (non-hydrogen) atoms. The van der Waals surface area contributed by atoms with E-state index in [0.717, 1.165) is 33.9 Å². The SMILES string of the molecule is Cc1ccc(CC(=O)O)cc1OCCc1nc(-c2ccc(-c3ccco3)cc2)oc1C. The van der Waals surface area contributed by atoms with Crippen molar-refractivity contribution in [3.63, 3.8) is 0 Å². The minimum absolute atomic E-state index is 0.0267. The van der Waals surface area contributed by atoms with E-state index in [-0.39, 0.29) is 6.42 Å². The van der Waals surface area contributed by atoms with E-state index < -0.39 is 5.97 Å². The van der Waals surface area contributed by atoms with Crippen molar-refractivity contribution in [2.75, 3.05) is 6.61 Å². The Morgan fingerprint density at radius 1 is 1.06 bits per heavy atom. The molecule has 0 aliphatic rings. The van der Waals surface area contributed by atoms with Crippen LogP contribution in [0.15, 0.2) is 69.7 Å². The lowest BCUT2D eigenvalue weighted by atomic mass is 10.1. The molecule has 0 atom stereocenters. The Hall–Kier alpha value is -3.80. The number of aryl methyl sites for hydroxylation is 2. The fraction of sp³-hybridized carbons (Fsp3) is 0.200. The van der Waals surface area contributed by atoms with Crippen molar-refractivity contribution >= 4 is 5.97 Å². The molecule has 0 radical (unpaired) electrons. The number of oxazole rings is 1. The Kier molecular flexibility index (Phi) is 5.89. The highest BCUT2D eigenvalue weighted by atomic mass is 16.5. The Morgan fingerprint density at radius 2 is 1.84 bits per heavy atom. The Morgan fingerprint density at radius 3 is 2.55 bits per heavy atom. The first-order valence-electron chi connectivity index (χ1n) is 10.0. The largest absolute Gasteiger partial charge is 0.493 e. The summed E-state index contributed by atoms with van der Waals surface area (Å²) >= 11 is 0. The molecule has 0 amide bonds. The van der Waals surface area contributed by atoms with Crippen molar-refractivity contribution in [2.24, 2.45) is 0 Å². The van der Waals surface area contributed by atoms with Crippen molar-refractivity contribution < 1.29 is 23.5 Å². The second kappa shape index (κ2) is 8.92. The molecule has 0 aliphatic carbocycles. The number of carboxylic acids is 1. The van der Waals surface area contributed by atoms with Gasteiger partial charge in [-0.3, -0.25) is 4.79 Å². The zero-order valence-corrected chi connectivity index (χ0v) is 17.4. The molecule has 0 saturated heterocycles. The maximum Gasteiger partial charge on any atom is 0.307 e. The van der Waals surface area contributed by atoms with Gasteiger partial charge in [0.25, 0.3) is 0 Å². The topological polar surface area (TPSA) is 85.7 Å². The van der Waals surface area contributed by atoms with Gasteiger partial charge in [0.2, 0.25) is 5.89 Å². The maximum absolute atomic E-state index is 10.9. The van der Waals surface area contributed by atoms with E-state index in [1.807, 2.05) is 62.4 Å². The Labute approximate surface area is 180 Å². The molecule has 2 heterocycles. The van der Waals surface area contributed by atoms with Crippen molar-refractivity contribution in [2.45, 2.75) is 26.7 Å². The molecule has 0 fully saturated rings. The minimum Gasteiger partial charge on any atom is -0.493 e. The molecular formula is C25H23NO5. The van der Waals surface area contributed by atoms with Crippen LogP contribution in [0.1, 0.15) is 22.6 Å². The number of hydrogen-bond acceptors (Lipinski definition) is 5. The predicted molar refractivity (Wildman–Crippen MR) is 116 cm³/mol. The smallest absolute Gasteiger partial charge is 0.307 e. The fourth-order valence-corrected chi connectivity index (χ4v) is 3.35. The van der Waals surface area contributed by atoms with Gasteiger partial charge in [-0.05, 0) is 55.3 Å². The molecule has 0 bridgehead atoms. The third-order valence-electron chi connectivity index (χ3n) is 5.03. The van der Waals surface area contributed by atoms with E-state index in [9.17, 15) is 4.79 Å². The average molecular weight is 417 g/mol. The first kappa shape index (κ1) is 20.5. The summed E-state index contributed by atoms with van der Waals surface area (Å²) in [6.45, 7) is 4.25. The van der Waals surface area contributed by atoms with E-state index >= 15 is 0 Å². The third kappa shape index (κ3) is 4.86. The zero-order valence-electron chi connectivity index (χ0n) is 17.4. The molecule has 6 nitrogen and oxygen atoms in total. The zero-order chi connectivity index (χ0) is 21.8. The van der Waals surface area contributed by atoms with Crippen LogP contribution < -0.4 is 4.74 Å². The summed E-state index contributed by atoms with van der Waals surface area (Å²) in [4.78, 5) is 15.6. The van der Waals surface area contributed by atoms with E-state index in [1.54, 1.807) is 12.3 Å². The number of benzene rings is 2. The second-order valence-corrected chi connectivity index (χ2v) is 7.35. The highest BCUT2D eigenvalue weighted by Crippen LogP contribution is 2.26. The van der Waals surface area contributed by atoms with Crippen molar-refractivity contribution in [3.05, 3.63) is 83.4 Å². The van der Waals surface area contributed by atoms with E-state index in [1.165, 1.54) is 0 Å². The van der Waals surface area contributed by atoms with E-state index in [4.69, 9.17) is 18.7 Å². The maximum atomic E-state index is 10.9.